The lowest BCUT2D eigenvalue weighted by Gasteiger charge is -2.16. The number of carbonyl (C=O) groups excluding carboxylic acids is 2. The molecule has 0 spiro atoms. The molecule has 0 aliphatic carbocycles. The van der Waals surface area contributed by atoms with Gasteiger partial charge in [0.05, 0.1) is 0 Å². The Morgan fingerprint density at radius 1 is 1.11 bits per heavy atom. The van der Waals surface area contributed by atoms with Gasteiger partial charge in [0.25, 0.3) is 5.91 Å². The molecule has 0 bridgehead atoms. The van der Waals surface area contributed by atoms with Crippen LogP contribution in [0.1, 0.15) is 27.7 Å². The summed E-state index contributed by atoms with van der Waals surface area (Å²) in [4.78, 5) is 26.1. The van der Waals surface area contributed by atoms with Gasteiger partial charge in [-0.2, -0.15) is 0 Å². The third kappa shape index (κ3) is 3.70. The van der Waals surface area contributed by atoms with E-state index in [0.717, 1.165) is 0 Å². The van der Waals surface area contributed by atoms with E-state index >= 15 is 0 Å². The first kappa shape index (κ1) is 17.3. The summed E-state index contributed by atoms with van der Waals surface area (Å²) in [7, 11) is 0. The molecule has 3 aromatic rings. The molecule has 1 unspecified atom stereocenters. The monoisotopic (exact) mass is 382 g/mol. The number of hydrogen-bond donors (Lipinski definition) is 1. The molecule has 2 heterocycles. The van der Waals surface area contributed by atoms with Gasteiger partial charge in [0.2, 0.25) is 11.0 Å². The highest BCUT2D eigenvalue weighted by molar-refractivity contribution is 7.15. The number of carbonyl (C=O) groups is 2. The molecule has 1 aromatic heterocycles. The molecule has 0 saturated carbocycles. The Balaban J connectivity index is 1.45. The summed E-state index contributed by atoms with van der Waals surface area (Å²) in [5.74, 6) is -0.752. The Kier molecular flexibility index (Phi) is 4.64. The van der Waals surface area contributed by atoms with Crippen LogP contribution in [0.5, 0.6) is 0 Å². The van der Waals surface area contributed by atoms with Crippen LogP contribution >= 0.6 is 11.3 Å². The van der Waals surface area contributed by atoms with Crippen molar-refractivity contribution in [3.8, 4) is 0 Å². The van der Waals surface area contributed by atoms with Crippen molar-refractivity contribution in [2.75, 3.05) is 16.8 Å². The van der Waals surface area contributed by atoms with E-state index in [-0.39, 0.29) is 23.5 Å². The van der Waals surface area contributed by atoms with E-state index in [1.807, 2.05) is 6.07 Å². The lowest BCUT2D eigenvalue weighted by Crippen LogP contribution is -2.24. The first-order valence-corrected chi connectivity index (χ1v) is 9.17. The number of amides is 2. The fourth-order valence-electron chi connectivity index (χ4n) is 2.95. The van der Waals surface area contributed by atoms with Crippen molar-refractivity contribution in [2.45, 2.75) is 12.3 Å². The summed E-state index contributed by atoms with van der Waals surface area (Å²) in [6.45, 7) is 0.450. The SMILES string of the molecule is O=C(Nc1nnc(C2CC(=O)N(c3ccc(F)cc3)C2)s1)c1ccccc1. The first-order chi connectivity index (χ1) is 13.1. The quantitative estimate of drug-likeness (QED) is 0.750. The highest BCUT2D eigenvalue weighted by Crippen LogP contribution is 2.34. The average molecular weight is 382 g/mol. The molecule has 6 nitrogen and oxygen atoms in total. The van der Waals surface area contributed by atoms with E-state index in [4.69, 9.17) is 0 Å². The van der Waals surface area contributed by atoms with Crippen LogP contribution in [-0.4, -0.2) is 28.6 Å². The van der Waals surface area contributed by atoms with Crippen LogP contribution in [0.2, 0.25) is 0 Å². The number of hydrogen-bond acceptors (Lipinski definition) is 5. The molecular formula is C19H15FN4O2S. The van der Waals surface area contributed by atoms with Crippen molar-refractivity contribution in [2.24, 2.45) is 0 Å². The van der Waals surface area contributed by atoms with Gasteiger partial charge in [-0.1, -0.05) is 29.5 Å². The summed E-state index contributed by atoms with van der Waals surface area (Å²) in [6.07, 6.45) is 0.304. The molecule has 1 atom stereocenters. The van der Waals surface area contributed by atoms with Crippen molar-refractivity contribution < 1.29 is 14.0 Å². The third-order valence-corrected chi connectivity index (χ3v) is 5.31. The maximum atomic E-state index is 13.1. The van der Waals surface area contributed by atoms with E-state index in [2.05, 4.69) is 15.5 Å². The normalized spacial score (nSPS) is 16.6. The smallest absolute Gasteiger partial charge is 0.257 e. The number of benzene rings is 2. The van der Waals surface area contributed by atoms with E-state index in [9.17, 15) is 14.0 Å². The van der Waals surface area contributed by atoms with Crippen LogP contribution in [0, 0.1) is 5.82 Å². The Morgan fingerprint density at radius 3 is 2.59 bits per heavy atom. The van der Waals surface area contributed by atoms with Crippen LogP contribution in [0.25, 0.3) is 0 Å². The molecule has 1 N–H and O–H groups in total. The predicted molar refractivity (Wildman–Crippen MR) is 100 cm³/mol. The van der Waals surface area contributed by atoms with Gasteiger partial charge in [-0.15, -0.1) is 10.2 Å². The standard InChI is InChI=1S/C19H15FN4O2S/c20-14-6-8-15(9-7-14)24-11-13(10-16(24)25)18-22-23-19(27-18)21-17(26)12-4-2-1-3-5-12/h1-9,13H,10-11H2,(H,21,23,26). The van der Waals surface area contributed by atoms with Crippen LogP contribution in [0.3, 0.4) is 0 Å². The molecule has 8 heteroatoms. The van der Waals surface area contributed by atoms with Gasteiger partial charge in [0.15, 0.2) is 0 Å². The zero-order valence-electron chi connectivity index (χ0n) is 14.1. The molecule has 0 radical (unpaired) electrons. The average Bonchev–Trinajstić information content (AvgIpc) is 3.30. The minimum absolute atomic E-state index is 0.0447. The van der Waals surface area contributed by atoms with Gasteiger partial charge in [-0.05, 0) is 36.4 Å². The second kappa shape index (κ2) is 7.24. The number of rotatable bonds is 4. The van der Waals surface area contributed by atoms with E-state index < -0.39 is 0 Å². The molecule has 27 heavy (non-hydrogen) atoms. The molecular weight excluding hydrogens is 367 g/mol. The van der Waals surface area contributed by atoms with Gasteiger partial charge >= 0.3 is 0 Å². The predicted octanol–water partition coefficient (Wildman–Crippen LogP) is 3.45. The fraction of sp³-hybridized carbons (Fsp3) is 0.158. The molecule has 1 aliphatic rings. The molecule has 2 amide bonds. The van der Waals surface area contributed by atoms with Crippen LogP contribution in [0.4, 0.5) is 15.2 Å². The summed E-state index contributed by atoms with van der Waals surface area (Å²) >= 11 is 1.26. The number of nitrogens with one attached hydrogen (secondary N) is 1. The molecule has 2 aromatic carbocycles. The molecule has 136 valence electrons. The number of nitrogens with zero attached hydrogens (tertiary/aromatic N) is 3. The van der Waals surface area contributed by atoms with Crippen LogP contribution < -0.4 is 10.2 Å². The van der Waals surface area contributed by atoms with Gasteiger partial charge in [0, 0.05) is 30.1 Å². The van der Waals surface area contributed by atoms with Crippen molar-refractivity contribution in [1.29, 1.82) is 0 Å². The minimum Gasteiger partial charge on any atom is -0.312 e. The second-order valence-electron chi connectivity index (χ2n) is 6.15. The van der Waals surface area contributed by atoms with Crippen molar-refractivity contribution in [3.05, 3.63) is 71.0 Å². The lowest BCUT2D eigenvalue weighted by molar-refractivity contribution is -0.117. The molecule has 1 fully saturated rings. The summed E-state index contributed by atoms with van der Waals surface area (Å²) < 4.78 is 13.1. The van der Waals surface area contributed by atoms with E-state index in [1.54, 1.807) is 41.3 Å². The topological polar surface area (TPSA) is 75.2 Å². The molecule has 4 rings (SSSR count). The van der Waals surface area contributed by atoms with Gasteiger partial charge in [0.1, 0.15) is 10.8 Å². The molecule has 1 saturated heterocycles. The van der Waals surface area contributed by atoms with Gasteiger partial charge in [-0.3, -0.25) is 14.9 Å². The van der Waals surface area contributed by atoms with Crippen LogP contribution in [-0.2, 0) is 4.79 Å². The number of aromatic nitrogens is 2. The fourth-order valence-corrected chi connectivity index (χ4v) is 3.78. The van der Waals surface area contributed by atoms with E-state index in [1.165, 1.54) is 23.5 Å². The summed E-state index contributed by atoms with van der Waals surface area (Å²) in [5, 5.41) is 12.0. The van der Waals surface area contributed by atoms with Crippen molar-refractivity contribution in [1.82, 2.24) is 10.2 Å². The van der Waals surface area contributed by atoms with Gasteiger partial charge in [-0.25, -0.2) is 4.39 Å². The highest BCUT2D eigenvalue weighted by Gasteiger charge is 2.34. The summed E-state index contributed by atoms with van der Waals surface area (Å²) in [5.41, 5.74) is 1.19. The maximum Gasteiger partial charge on any atom is 0.257 e. The zero-order chi connectivity index (χ0) is 18.8. The van der Waals surface area contributed by atoms with E-state index in [0.29, 0.717) is 34.4 Å². The highest BCUT2D eigenvalue weighted by atomic mass is 32.1. The molecule has 1 aliphatic heterocycles. The first-order valence-electron chi connectivity index (χ1n) is 8.36. The number of anilines is 2. The third-order valence-electron chi connectivity index (χ3n) is 4.31. The zero-order valence-corrected chi connectivity index (χ0v) is 14.9. The Hall–Kier alpha value is -3.13. The maximum absolute atomic E-state index is 13.1. The lowest BCUT2D eigenvalue weighted by atomic mass is 10.1. The Morgan fingerprint density at radius 2 is 1.85 bits per heavy atom. The Labute approximate surface area is 158 Å². The number of halogens is 1. The second-order valence-corrected chi connectivity index (χ2v) is 7.16. The Bertz CT molecular complexity index is 975. The largest absolute Gasteiger partial charge is 0.312 e. The minimum atomic E-state index is -0.343. The van der Waals surface area contributed by atoms with Gasteiger partial charge < -0.3 is 4.90 Å². The van der Waals surface area contributed by atoms with Crippen molar-refractivity contribution in [3.63, 3.8) is 0 Å². The summed E-state index contributed by atoms with van der Waals surface area (Å²) in [6, 6.07) is 14.7. The van der Waals surface area contributed by atoms with Crippen molar-refractivity contribution >= 4 is 34.0 Å². The van der Waals surface area contributed by atoms with Crippen LogP contribution in [0.15, 0.2) is 54.6 Å².